The molecule has 0 radical (unpaired) electrons. The number of hydrogen-bond acceptors (Lipinski definition) is 6. The number of aromatic nitrogens is 2. The third kappa shape index (κ3) is 5.86. The molecule has 1 aromatic heterocycles. The third-order valence-electron chi connectivity index (χ3n) is 3.64. The molecule has 1 amide bonds. The van der Waals surface area contributed by atoms with E-state index in [4.69, 9.17) is 9.15 Å². The van der Waals surface area contributed by atoms with Gasteiger partial charge in [-0.25, -0.2) is 0 Å². The summed E-state index contributed by atoms with van der Waals surface area (Å²) in [6.45, 7) is 2.54. The smallest absolute Gasteiger partial charge is 0.322 e. The second-order valence-corrected chi connectivity index (χ2v) is 6.85. The lowest BCUT2D eigenvalue weighted by Crippen LogP contribution is -2.11. The van der Waals surface area contributed by atoms with Crippen LogP contribution in [0.2, 0.25) is 0 Å². The summed E-state index contributed by atoms with van der Waals surface area (Å²) in [6.07, 6.45) is 1.17. The molecule has 0 atom stereocenters. The molecule has 140 valence electrons. The number of anilines is 1. The van der Waals surface area contributed by atoms with E-state index in [-0.39, 0.29) is 11.9 Å². The summed E-state index contributed by atoms with van der Waals surface area (Å²) in [5.41, 5.74) is 0.769. The number of hydrogen-bond donors (Lipinski definition) is 1. The number of ether oxygens (including phenoxy) is 1. The Bertz CT molecular complexity index is 850. The van der Waals surface area contributed by atoms with E-state index < -0.39 is 0 Å². The molecule has 0 fully saturated rings. The number of thioether (sulfide) groups is 1. The summed E-state index contributed by atoms with van der Waals surface area (Å²) in [4.78, 5) is 13.2. The average Bonchev–Trinajstić information content (AvgIpc) is 3.15. The molecule has 0 saturated carbocycles. The van der Waals surface area contributed by atoms with Gasteiger partial charge >= 0.3 is 6.01 Å². The predicted molar refractivity (Wildman–Crippen MR) is 106 cm³/mol. The second kappa shape index (κ2) is 9.78. The molecule has 3 aromatic rings. The number of amides is 1. The van der Waals surface area contributed by atoms with Gasteiger partial charge in [-0.2, -0.15) is 0 Å². The van der Waals surface area contributed by atoms with E-state index in [2.05, 4.69) is 27.6 Å². The van der Waals surface area contributed by atoms with Gasteiger partial charge in [-0.1, -0.05) is 23.3 Å². The molecule has 1 heterocycles. The van der Waals surface area contributed by atoms with Crippen molar-refractivity contribution in [3.05, 3.63) is 54.6 Å². The van der Waals surface area contributed by atoms with E-state index >= 15 is 0 Å². The number of rotatable bonds is 9. The third-order valence-corrected chi connectivity index (χ3v) is 4.74. The zero-order valence-corrected chi connectivity index (χ0v) is 15.9. The lowest BCUT2D eigenvalue weighted by atomic mass is 10.2. The molecule has 1 N–H and O–H groups in total. The topological polar surface area (TPSA) is 77.3 Å². The van der Waals surface area contributed by atoms with Crippen LogP contribution >= 0.6 is 11.8 Å². The molecule has 7 heteroatoms. The number of nitrogens with one attached hydrogen (secondary N) is 1. The van der Waals surface area contributed by atoms with Crippen molar-refractivity contribution in [2.45, 2.75) is 24.7 Å². The van der Waals surface area contributed by atoms with E-state index in [1.165, 1.54) is 4.90 Å². The Morgan fingerprint density at radius 1 is 1.11 bits per heavy atom. The van der Waals surface area contributed by atoms with Crippen molar-refractivity contribution >= 4 is 23.7 Å². The molecule has 0 aliphatic carbocycles. The first kappa shape index (κ1) is 19.0. The van der Waals surface area contributed by atoms with Crippen LogP contribution in [0, 0.1) is 0 Å². The first-order chi connectivity index (χ1) is 13.2. The summed E-state index contributed by atoms with van der Waals surface area (Å²) in [5.74, 6) is 1.87. The number of benzene rings is 2. The molecule has 0 bridgehead atoms. The molecule has 2 aromatic carbocycles. The first-order valence-electron chi connectivity index (χ1n) is 8.79. The second-order valence-electron chi connectivity index (χ2n) is 5.68. The maximum Gasteiger partial charge on any atom is 0.322 e. The first-order valence-corrected chi connectivity index (χ1v) is 9.77. The molecule has 0 spiro atoms. The van der Waals surface area contributed by atoms with Gasteiger partial charge in [0.05, 0.1) is 6.61 Å². The lowest BCUT2D eigenvalue weighted by molar-refractivity contribution is -0.116. The Balaban J connectivity index is 1.44. The van der Waals surface area contributed by atoms with Crippen LogP contribution < -0.4 is 10.1 Å². The Labute approximate surface area is 162 Å². The summed E-state index contributed by atoms with van der Waals surface area (Å²) < 4.78 is 10.9. The van der Waals surface area contributed by atoms with Crippen molar-refractivity contribution in [2.24, 2.45) is 0 Å². The van der Waals surface area contributed by atoms with Crippen molar-refractivity contribution in [2.75, 3.05) is 17.7 Å². The number of carbonyl (C=O) groups is 1. The zero-order chi connectivity index (χ0) is 18.9. The standard InChI is InChI=1S/C20H21N3O3S/c1-2-25-16-12-10-15(11-13-16)19-22-23-20(26-19)21-18(24)9-6-14-27-17-7-4-3-5-8-17/h3-5,7-8,10-13H,2,6,9,14H2,1H3,(H,21,23,24). The maximum absolute atomic E-state index is 12.0. The average molecular weight is 383 g/mol. The van der Waals surface area contributed by atoms with E-state index in [0.29, 0.717) is 18.9 Å². The Hall–Kier alpha value is -2.80. The van der Waals surface area contributed by atoms with Gasteiger partial charge in [0.2, 0.25) is 11.8 Å². The van der Waals surface area contributed by atoms with Crippen molar-refractivity contribution < 1.29 is 13.9 Å². The van der Waals surface area contributed by atoms with E-state index in [0.717, 1.165) is 23.5 Å². The molecule has 27 heavy (non-hydrogen) atoms. The monoisotopic (exact) mass is 383 g/mol. The minimum atomic E-state index is -0.134. The lowest BCUT2D eigenvalue weighted by Gasteiger charge is -2.02. The fourth-order valence-electron chi connectivity index (χ4n) is 2.37. The van der Waals surface area contributed by atoms with Crippen molar-refractivity contribution in [1.82, 2.24) is 10.2 Å². The van der Waals surface area contributed by atoms with Crippen molar-refractivity contribution in [3.8, 4) is 17.2 Å². The molecule has 3 rings (SSSR count). The van der Waals surface area contributed by atoms with Crippen LogP contribution in [0.1, 0.15) is 19.8 Å². The molecule has 0 saturated heterocycles. The van der Waals surface area contributed by atoms with E-state index in [9.17, 15) is 4.79 Å². The van der Waals surface area contributed by atoms with E-state index in [1.807, 2.05) is 49.4 Å². The molecular formula is C20H21N3O3S. The highest BCUT2D eigenvalue weighted by molar-refractivity contribution is 7.99. The van der Waals surface area contributed by atoms with Crippen LogP contribution in [-0.4, -0.2) is 28.5 Å². The van der Waals surface area contributed by atoms with Crippen LogP contribution in [0.25, 0.3) is 11.5 Å². The Kier molecular flexibility index (Phi) is 6.87. The highest BCUT2D eigenvalue weighted by Gasteiger charge is 2.11. The molecule has 0 aliphatic rings. The quantitative estimate of drug-likeness (QED) is 0.428. The van der Waals surface area contributed by atoms with Crippen LogP contribution in [0.5, 0.6) is 5.75 Å². The molecular weight excluding hydrogens is 362 g/mol. The van der Waals surface area contributed by atoms with Gasteiger partial charge in [0, 0.05) is 16.9 Å². The van der Waals surface area contributed by atoms with Crippen molar-refractivity contribution in [3.63, 3.8) is 0 Å². The number of carbonyl (C=O) groups excluding carboxylic acids is 1. The van der Waals surface area contributed by atoms with Gasteiger partial charge in [0.25, 0.3) is 0 Å². The SMILES string of the molecule is CCOc1ccc(-c2nnc(NC(=O)CCCSc3ccccc3)o2)cc1. The summed E-state index contributed by atoms with van der Waals surface area (Å²) in [6, 6.07) is 17.6. The van der Waals surface area contributed by atoms with Gasteiger partial charge < -0.3 is 9.15 Å². The van der Waals surface area contributed by atoms with E-state index in [1.54, 1.807) is 11.8 Å². The van der Waals surface area contributed by atoms with Crippen LogP contribution in [0.3, 0.4) is 0 Å². The van der Waals surface area contributed by atoms with Gasteiger partial charge in [0.1, 0.15) is 5.75 Å². The maximum atomic E-state index is 12.0. The highest BCUT2D eigenvalue weighted by atomic mass is 32.2. The highest BCUT2D eigenvalue weighted by Crippen LogP contribution is 2.23. The van der Waals surface area contributed by atoms with Crippen LogP contribution in [0.4, 0.5) is 6.01 Å². The molecule has 0 aliphatic heterocycles. The van der Waals surface area contributed by atoms with Gasteiger partial charge in [-0.3, -0.25) is 10.1 Å². The molecule has 0 unspecified atom stereocenters. The van der Waals surface area contributed by atoms with Gasteiger partial charge in [-0.05, 0) is 55.5 Å². The normalized spacial score (nSPS) is 10.6. The van der Waals surface area contributed by atoms with Gasteiger partial charge in [-0.15, -0.1) is 16.9 Å². The molecule has 6 nitrogen and oxygen atoms in total. The fourth-order valence-corrected chi connectivity index (χ4v) is 3.25. The summed E-state index contributed by atoms with van der Waals surface area (Å²) >= 11 is 1.73. The Morgan fingerprint density at radius 3 is 2.63 bits per heavy atom. The van der Waals surface area contributed by atoms with Crippen LogP contribution in [-0.2, 0) is 4.79 Å². The number of nitrogens with zero attached hydrogens (tertiary/aromatic N) is 2. The van der Waals surface area contributed by atoms with Gasteiger partial charge in [0.15, 0.2) is 0 Å². The summed E-state index contributed by atoms with van der Waals surface area (Å²) in [7, 11) is 0. The Morgan fingerprint density at radius 2 is 1.89 bits per heavy atom. The zero-order valence-electron chi connectivity index (χ0n) is 15.1. The largest absolute Gasteiger partial charge is 0.494 e. The minimum Gasteiger partial charge on any atom is -0.494 e. The summed E-state index contributed by atoms with van der Waals surface area (Å²) in [5, 5.41) is 10.5. The van der Waals surface area contributed by atoms with Crippen LogP contribution in [0.15, 0.2) is 63.9 Å². The fraction of sp³-hybridized carbons (Fsp3) is 0.250. The van der Waals surface area contributed by atoms with Crippen molar-refractivity contribution in [1.29, 1.82) is 0 Å². The predicted octanol–water partition coefficient (Wildman–Crippen LogP) is 4.65. The minimum absolute atomic E-state index is 0.111.